The second kappa shape index (κ2) is 6.42. The summed E-state index contributed by atoms with van der Waals surface area (Å²) in [6.07, 6.45) is 4.04. The number of ketones is 1. The number of carbonyl (C=O) groups is 2. The highest BCUT2D eigenvalue weighted by Crippen LogP contribution is 2.43. The van der Waals surface area contributed by atoms with Crippen LogP contribution in [-0.4, -0.2) is 27.7 Å². The highest BCUT2D eigenvalue weighted by atomic mass is 16.3. The van der Waals surface area contributed by atoms with E-state index in [0.717, 1.165) is 36.8 Å². The summed E-state index contributed by atoms with van der Waals surface area (Å²) in [6.45, 7) is 5.60. The van der Waals surface area contributed by atoms with Crippen LogP contribution in [0.1, 0.15) is 56.7 Å². The molecule has 1 aromatic rings. The van der Waals surface area contributed by atoms with E-state index in [-0.39, 0.29) is 35.0 Å². The van der Waals surface area contributed by atoms with Crippen LogP contribution in [0.5, 0.6) is 0 Å². The van der Waals surface area contributed by atoms with Gasteiger partial charge >= 0.3 is 0 Å². The molecule has 1 N–H and O–H groups in total. The summed E-state index contributed by atoms with van der Waals surface area (Å²) < 4.78 is 0. The van der Waals surface area contributed by atoms with Gasteiger partial charge in [0, 0.05) is 12.0 Å². The average molecular weight is 327 g/mol. The van der Waals surface area contributed by atoms with Gasteiger partial charge in [-0.25, -0.2) is 0 Å². The molecular weight excluding hydrogens is 302 g/mol. The summed E-state index contributed by atoms with van der Waals surface area (Å²) in [4.78, 5) is 27.3. The predicted octanol–water partition coefficient (Wildman–Crippen LogP) is 3.86. The van der Waals surface area contributed by atoms with E-state index in [1.165, 1.54) is 0 Å². The Morgan fingerprint density at radius 1 is 1.21 bits per heavy atom. The number of rotatable bonds is 4. The van der Waals surface area contributed by atoms with Crippen LogP contribution in [0.2, 0.25) is 0 Å². The molecule has 1 aliphatic carbocycles. The van der Waals surface area contributed by atoms with Crippen molar-refractivity contribution >= 4 is 11.7 Å². The van der Waals surface area contributed by atoms with Crippen LogP contribution < -0.4 is 0 Å². The van der Waals surface area contributed by atoms with E-state index in [2.05, 4.69) is 0 Å². The Morgan fingerprint density at radius 2 is 1.83 bits per heavy atom. The topological polar surface area (TPSA) is 57.6 Å². The van der Waals surface area contributed by atoms with Crippen LogP contribution in [0.25, 0.3) is 0 Å². The number of carbonyl (C=O) groups excluding carboxylic acids is 2. The van der Waals surface area contributed by atoms with E-state index in [1.54, 1.807) is 18.7 Å². The molecule has 24 heavy (non-hydrogen) atoms. The molecule has 1 aromatic carbocycles. The zero-order valence-electron chi connectivity index (χ0n) is 14.6. The molecule has 0 bridgehead atoms. The maximum Gasteiger partial charge on any atom is 0.290 e. The number of hydrogen-bond donors (Lipinski definition) is 1. The second-order valence-electron chi connectivity index (χ2n) is 7.19. The Hall–Kier alpha value is -2.10. The van der Waals surface area contributed by atoms with Crippen molar-refractivity contribution < 1.29 is 14.7 Å². The van der Waals surface area contributed by atoms with Gasteiger partial charge in [0.2, 0.25) is 0 Å². The third-order valence-electron chi connectivity index (χ3n) is 5.23. The number of Topliss-reactive ketones (excluding diaryl/α,β-unsaturated/α-hetero) is 1. The van der Waals surface area contributed by atoms with Crippen molar-refractivity contribution in [2.75, 3.05) is 0 Å². The van der Waals surface area contributed by atoms with E-state index in [1.807, 2.05) is 31.2 Å². The molecule has 4 nitrogen and oxygen atoms in total. The molecular formula is C20H25NO3. The van der Waals surface area contributed by atoms with E-state index in [4.69, 9.17) is 0 Å². The number of amides is 1. The molecule has 1 fully saturated rings. The molecule has 0 saturated heterocycles. The van der Waals surface area contributed by atoms with E-state index in [0.29, 0.717) is 0 Å². The highest BCUT2D eigenvalue weighted by Gasteiger charge is 2.47. The Kier molecular flexibility index (Phi) is 4.48. The van der Waals surface area contributed by atoms with Gasteiger partial charge in [0.05, 0.1) is 11.6 Å². The van der Waals surface area contributed by atoms with Crippen LogP contribution in [0.15, 0.2) is 35.6 Å². The molecule has 1 amide bonds. The van der Waals surface area contributed by atoms with Gasteiger partial charge in [-0.05, 0) is 30.9 Å². The Balaban J connectivity index is 2.13. The number of aliphatic hydroxyl groups excluding tert-OH is 1. The number of aryl methyl sites for hydroxylation is 1. The van der Waals surface area contributed by atoms with Gasteiger partial charge in [0.1, 0.15) is 0 Å². The normalized spacial score (nSPS) is 22.1. The molecule has 2 aliphatic rings. The van der Waals surface area contributed by atoms with Crippen molar-refractivity contribution in [1.82, 2.24) is 4.90 Å². The molecule has 0 aromatic heterocycles. The molecule has 1 unspecified atom stereocenters. The maximum atomic E-state index is 12.8. The summed E-state index contributed by atoms with van der Waals surface area (Å²) >= 11 is 0. The monoisotopic (exact) mass is 327 g/mol. The first kappa shape index (κ1) is 16.7. The lowest BCUT2D eigenvalue weighted by atomic mass is 9.89. The smallest absolute Gasteiger partial charge is 0.290 e. The SMILES string of the molecule is Cc1ccccc1C1C(C(=O)C(C)C)=C(O)C(=O)N1C1CCCC1. The summed E-state index contributed by atoms with van der Waals surface area (Å²) in [6, 6.07) is 7.45. The molecule has 0 radical (unpaired) electrons. The number of benzene rings is 1. The third kappa shape index (κ3) is 2.64. The lowest BCUT2D eigenvalue weighted by Crippen LogP contribution is -2.39. The first-order valence-corrected chi connectivity index (χ1v) is 8.79. The van der Waals surface area contributed by atoms with Crippen molar-refractivity contribution in [2.45, 2.75) is 58.5 Å². The zero-order valence-corrected chi connectivity index (χ0v) is 14.6. The molecule has 1 saturated carbocycles. The van der Waals surface area contributed by atoms with Crippen molar-refractivity contribution in [3.8, 4) is 0 Å². The fourth-order valence-corrected chi connectivity index (χ4v) is 3.94. The summed E-state index contributed by atoms with van der Waals surface area (Å²) in [5.74, 6) is -1.15. The average Bonchev–Trinajstić information content (AvgIpc) is 3.15. The van der Waals surface area contributed by atoms with Gasteiger partial charge in [-0.3, -0.25) is 9.59 Å². The van der Waals surface area contributed by atoms with Crippen LogP contribution >= 0.6 is 0 Å². The van der Waals surface area contributed by atoms with E-state index in [9.17, 15) is 14.7 Å². The van der Waals surface area contributed by atoms with Gasteiger partial charge in [-0.2, -0.15) is 0 Å². The summed E-state index contributed by atoms with van der Waals surface area (Å²) in [7, 11) is 0. The minimum atomic E-state index is -0.461. The molecule has 4 heteroatoms. The quantitative estimate of drug-likeness (QED) is 0.913. The molecule has 3 rings (SSSR count). The zero-order chi connectivity index (χ0) is 17.4. The van der Waals surface area contributed by atoms with Gasteiger partial charge < -0.3 is 10.0 Å². The van der Waals surface area contributed by atoms with Gasteiger partial charge in [-0.15, -0.1) is 0 Å². The Labute approximate surface area is 143 Å². The van der Waals surface area contributed by atoms with Crippen molar-refractivity contribution in [3.63, 3.8) is 0 Å². The maximum absolute atomic E-state index is 12.8. The first-order valence-electron chi connectivity index (χ1n) is 8.79. The van der Waals surface area contributed by atoms with Gasteiger partial charge in [-0.1, -0.05) is 51.0 Å². The number of aliphatic hydroxyl groups is 1. The van der Waals surface area contributed by atoms with Crippen LogP contribution in [0.4, 0.5) is 0 Å². The van der Waals surface area contributed by atoms with Gasteiger partial charge in [0.15, 0.2) is 11.5 Å². The molecule has 0 spiro atoms. The third-order valence-corrected chi connectivity index (χ3v) is 5.23. The van der Waals surface area contributed by atoms with Crippen LogP contribution in [-0.2, 0) is 9.59 Å². The standard InChI is InChI=1S/C20H25NO3/c1-12(2)18(22)16-17(15-11-7-4-8-13(15)3)21(20(24)19(16)23)14-9-5-6-10-14/h4,7-8,11-12,14,17,23H,5-6,9-10H2,1-3H3. The number of hydrogen-bond acceptors (Lipinski definition) is 3. The first-order chi connectivity index (χ1) is 11.4. The molecule has 128 valence electrons. The van der Waals surface area contributed by atoms with Crippen molar-refractivity contribution in [3.05, 3.63) is 46.7 Å². The van der Waals surface area contributed by atoms with Crippen molar-refractivity contribution in [2.24, 2.45) is 5.92 Å². The number of nitrogens with zero attached hydrogens (tertiary/aromatic N) is 1. The lowest BCUT2D eigenvalue weighted by Gasteiger charge is -2.33. The Bertz CT molecular complexity index is 699. The van der Waals surface area contributed by atoms with Crippen LogP contribution in [0.3, 0.4) is 0 Å². The van der Waals surface area contributed by atoms with Crippen molar-refractivity contribution in [1.29, 1.82) is 0 Å². The highest BCUT2D eigenvalue weighted by molar-refractivity contribution is 6.09. The molecule has 1 atom stereocenters. The second-order valence-corrected chi connectivity index (χ2v) is 7.19. The molecule has 1 aliphatic heterocycles. The molecule has 1 heterocycles. The van der Waals surface area contributed by atoms with Crippen LogP contribution in [0, 0.1) is 12.8 Å². The summed E-state index contributed by atoms with van der Waals surface area (Å²) in [5.41, 5.74) is 2.24. The lowest BCUT2D eigenvalue weighted by molar-refractivity contribution is -0.131. The minimum absolute atomic E-state index is 0.0988. The van der Waals surface area contributed by atoms with E-state index < -0.39 is 6.04 Å². The minimum Gasteiger partial charge on any atom is -0.503 e. The van der Waals surface area contributed by atoms with Gasteiger partial charge in [0.25, 0.3) is 5.91 Å². The fraction of sp³-hybridized carbons (Fsp3) is 0.500. The van der Waals surface area contributed by atoms with E-state index >= 15 is 0 Å². The Morgan fingerprint density at radius 3 is 2.42 bits per heavy atom. The predicted molar refractivity (Wildman–Crippen MR) is 92.5 cm³/mol. The largest absolute Gasteiger partial charge is 0.503 e. The fourth-order valence-electron chi connectivity index (χ4n) is 3.94. The summed E-state index contributed by atoms with van der Waals surface area (Å²) in [5, 5.41) is 10.5.